The van der Waals surface area contributed by atoms with Crippen LogP contribution in [-0.4, -0.2) is 32.7 Å². The highest BCUT2D eigenvalue weighted by Gasteiger charge is 2.22. The maximum Gasteiger partial charge on any atom is 0.103 e. The summed E-state index contributed by atoms with van der Waals surface area (Å²) in [7, 11) is 0. The van der Waals surface area contributed by atoms with E-state index in [1.54, 1.807) is 0 Å². The summed E-state index contributed by atoms with van der Waals surface area (Å²) >= 11 is 5.93. The topological polar surface area (TPSA) is 63.0 Å². The maximum atomic E-state index is 9.21. The summed E-state index contributed by atoms with van der Waals surface area (Å²) in [4.78, 5) is 0. The van der Waals surface area contributed by atoms with Crippen molar-refractivity contribution in [3.8, 4) is 5.69 Å². The van der Waals surface area contributed by atoms with Crippen molar-refractivity contribution in [3.05, 3.63) is 52.8 Å². The molecule has 2 aromatic rings. The van der Waals surface area contributed by atoms with Crippen LogP contribution in [0, 0.1) is 12.8 Å². The van der Waals surface area contributed by atoms with Gasteiger partial charge in [-0.3, -0.25) is 0 Å². The zero-order valence-corrected chi connectivity index (χ0v) is 14.0. The number of rotatable bonds is 5. The van der Waals surface area contributed by atoms with Gasteiger partial charge in [-0.1, -0.05) is 29.0 Å². The normalized spacial score (nSPS) is 21.7. The second kappa shape index (κ2) is 6.83. The molecule has 1 aliphatic carbocycles. The summed E-state index contributed by atoms with van der Waals surface area (Å²) in [5, 5.41) is 22.1. The van der Waals surface area contributed by atoms with E-state index in [4.69, 9.17) is 11.6 Å². The molecule has 0 radical (unpaired) electrons. The summed E-state index contributed by atoms with van der Waals surface area (Å²) in [6.07, 6.45) is 5.11. The molecule has 1 aliphatic rings. The number of hydrogen-bond donors (Lipinski definition) is 2. The number of aliphatic hydroxyl groups is 1. The first-order valence-electron chi connectivity index (χ1n) is 7.82. The second-order valence-electron chi connectivity index (χ2n) is 6.01. The Hall–Kier alpha value is -1.69. The van der Waals surface area contributed by atoms with Gasteiger partial charge in [0.05, 0.1) is 17.4 Å². The molecule has 0 saturated heterocycles. The van der Waals surface area contributed by atoms with Gasteiger partial charge in [0.25, 0.3) is 0 Å². The first kappa shape index (κ1) is 16.2. The smallest absolute Gasteiger partial charge is 0.103 e. The average molecular weight is 333 g/mol. The van der Waals surface area contributed by atoms with Gasteiger partial charge in [0.2, 0.25) is 0 Å². The molecule has 0 spiro atoms. The lowest BCUT2D eigenvalue weighted by Gasteiger charge is -2.18. The number of halogens is 1. The highest BCUT2D eigenvalue weighted by molar-refractivity contribution is 6.30. The average Bonchev–Trinajstić information content (AvgIpc) is 3.14. The summed E-state index contributed by atoms with van der Waals surface area (Å²) in [5.74, 6) is 0.255. The molecule has 122 valence electrons. The molecule has 1 aromatic carbocycles. The van der Waals surface area contributed by atoms with Crippen LogP contribution in [-0.2, 0) is 0 Å². The fraction of sp³-hybridized carbons (Fsp3) is 0.412. The highest BCUT2D eigenvalue weighted by atomic mass is 35.5. The third kappa shape index (κ3) is 3.47. The van der Waals surface area contributed by atoms with Gasteiger partial charge in [-0.15, -0.1) is 5.10 Å². The Labute approximate surface area is 141 Å². The predicted molar refractivity (Wildman–Crippen MR) is 90.8 cm³/mol. The van der Waals surface area contributed by atoms with Crippen molar-refractivity contribution in [1.82, 2.24) is 20.3 Å². The van der Waals surface area contributed by atoms with Crippen molar-refractivity contribution < 1.29 is 5.11 Å². The molecule has 5 nitrogen and oxygen atoms in total. The summed E-state index contributed by atoms with van der Waals surface area (Å²) in [6, 6.07) is 7.90. The van der Waals surface area contributed by atoms with Crippen LogP contribution in [0.1, 0.15) is 30.8 Å². The molecular formula is C17H21ClN4O. The molecule has 6 heteroatoms. The fourth-order valence-corrected chi connectivity index (χ4v) is 3.13. The minimum Gasteiger partial charge on any atom is -0.396 e. The van der Waals surface area contributed by atoms with E-state index in [-0.39, 0.29) is 24.6 Å². The van der Waals surface area contributed by atoms with Gasteiger partial charge < -0.3 is 10.4 Å². The van der Waals surface area contributed by atoms with Gasteiger partial charge in [-0.2, -0.15) is 0 Å². The Morgan fingerprint density at radius 2 is 2.09 bits per heavy atom. The monoisotopic (exact) mass is 332 g/mol. The van der Waals surface area contributed by atoms with Crippen LogP contribution in [0.2, 0.25) is 5.02 Å². The molecular weight excluding hydrogens is 312 g/mol. The highest BCUT2D eigenvalue weighted by Crippen LogP contribution is 2.23. The largest absolute Gasteiger partial charge is 0.396 e. The number of aromatic nitrogens is 3. The van der Waals surface area contributed by atoms with Crippen molar-refractivity contribution in [2.24, 2.45) is 5.92 Å². The Morgan fingerprint density at radius 3 is 2.74 bits per heavy atom. The number of hydrogen-bond acceptors (Lipinski definition) is 4. The first-order valence-corrected chi connectivity index (χ1v) is 8.19. The first-order chi connectivity index (χ1) is 11.1. The lowest BCUT2D eigenvalue weighted by molar-refractivity contribution is 0.245. The fourth-order valence-electron chi connectivity index (χ4n) is 3.00. The lowest BCUT2D eigenvalue weighted by Crippen LogP contribution is -2.30. The minimum absolute atomic E-state index is 0.0862. The maximum absolute atomic E-state index is 9.21. The number of nitrogens with one attached hydrogen (secondary N) is 1. The van der Waals surface area contributed by atoms with Gasteiger partial charge in [0, 0.05) is 23.6 Å². The van der Waals surface area contributed by atoms with E-state index in [1.165, 1.54) is 0 Å². The third-order valence-corrected chi connectivity index (χ3v) is 4.53. The molecule has 3 atom stereocenters. The van der Waals surface area contributed by atoms with Crippen LogP contribution in [0.4, 0.5) is 0 Å². The van der Waals surface area contributed by atoms with Crippen LogP contribution in [0.3, 0.4) is 0 Å². The molecule has 0 amide bonds. The van der Waals surface area contributed by atoms with Crippen molar-refractivity contribution in [2.75, 3.05) is 6.61 Å². The SMILES string of the molecule is Cc1c([C@@H](C)N[C@@H]2C=C[C@H](CO)C2)nnn1-c1ccc(Cl)cc1. The molecule has 0 bridgehead atoms. The van der Waals surface area contributed by atoms with Crippen molar-refractivity contribution in [2.45, 2.75) is 32.4 Å². The number of aliphatic hydroxyl groups excluding tert-OH is 1. The van der Waals surface area contributed by atoms with Crippen LogP contribution >= 0.6 is 11.6 Å². The van der Waals surface area contributed by atoms with Crippen LogP contribution in [0.5, 0.6) is 0 Å². The summed E-state index contributed by atoms with van der Waals surface area (Å²) in [6.45, 7) is 4.31. The summed E-state index contributed by atoms with van der Waals surface area (Å²) in [5.41, 5.74) is 2.88. The summed E-state index contributed by atoms with van der Waals surface area (Å²) < 4.78 is 1.82. The molecule has 1 aromatic heterocycles. The zero-order chi connectivity index (χ0) is 16.4. The standard InChI is InChI=1S/C17H21ClN4O/c1-11(19-15-6-3-13(9-15)10-23)17-12(2)22(21-20-17)16-7-4-14(18)5-8-16/h3-8,11,13,15,19,23H,9-10H2,1-2H3/t11-,13+,15-/m1/s1. The Kier molecular flexibility index (Phi) is 4.80. The van der Waals surface area contributed by atoms with Crippen LogP contribution < -0.4 is 5.32 Å². The Balaban J connectivity index is 1.74. The van der Waals surface area contributed by atoms with E-state index in [0.29, 0.717) is 5.02 Å². The van der Waals surface area contributed by atoms with E-state index in [1.807, 2.05) is 35.9 Å². The van der Waals surface area contributed by atoms with Gasteiger partial charge in [0.1, 0.15) is 5.69 Å². The van der Waals surface area contributed by atoms with Gasteiger partial charge in [0.15, 0.2) is 0 Å². The molecule has 0 unspecified atom stereocenters. The predicted octanol–water partition coefficient (Wildman–Crippen LogP) is 2.82. The molecule has 1 heterocycles. The molecule has 0 fully saturated rings. The lowest BCUT2D eigenvalue weighted by atomic mass is 10.1. The van der Waals surface area contributed by atoms with Crippen LogP contribution in [0.15, 0.2) is 36.4 Å². The number of benzene rings is 1. The molecule has 2 N–H and O–H groups in total. The minimum atomic E-state index is 0.0862. The van der Waals surface area contributed by atoms with Gasteiger partial charge in [-0.25, -0.2) is 4.68 Å². The molecule has 23 heavy (non-hydrogen) atoms. The molecule has 0 saturated carbocycles. The van der Waals surface area contributed by atoms with Crippen molar-refractivity contribution in [1.29, 1.82) is 0 Å². The third-order valence-electron chi connectivity index (χ3n) is 4.28. The molecule has 3 rings (SSSR count). The number of nitrogens with zero attached hydrogens (tertiary/aromatic N) is 3. The van der Waals surface area contributed by atoms with E-state index < -0.39 is 0 Å². The van der Waals surface area contributed by atoms with E-state index in [0.717, 1.165) is 23.5 Å². The van der Waals surface area contributed by atoms with Crippen molar-refractivity contribution >= 4 is 11.6 Å². The van der Waals surface area contributed by atoms with Gasteiger partial charge in [-0.05, 0) is 44.5 Å². The van der Waals surface area contributed by atoms with E-state index >= 15 is 0 Å². The Bertz CT molecular complexity index is 695. The van der Waals surface area contributed by atoms with E-state index in [9.17, 15) is 5.11 Å². The van der Waals surface area contributed by atoms with Gasteiger partial charge >= 0.3 is 0 Å². The molecule has 0 aliphatic heterocycles. The quantitative estimate of drug-likeness (QED) is 0.826. The Morgan fingerprint density at radius 1 is 1.35 bits per heavy atom. The van der Waals surface area contributed by atoms with E-state index in [2.05, 4.69) is 34.7 Å². The second-order valence-corrected chi connectivity index (χ2v) is 6.44. The van der Waals surface area contributed by atoms with Crippen molar-refractivity contribution in [3.63, 3.8) is 0 Å². The van der Waals surface area contributed by atoms with Crippen LogP contribution in [0.25, 0.3) is 5.69 Å². The zero-order valence-electron chi connectivity index (χ0n) is 13.3.